The Labute approximate surface area is 210 Å². The molecule has 0 radical (unpaired) electrons. The lowest BCUT2D eigenvalue weighted by atomic mass is 10.1. The number of carbonyl (C=O) groups excluding carboxylic acids is 2. The molecule has 34 heavy (non-hydrogen) atoms. The van der Waals surface area contributed by atoms with Crippen LogP contribution in [0.4, 0.5) is 5.13 Å². The third-order valence-electron chi connectivity index (χ3n) is 5.06. The van der Waals surface area contributed by atoms with Crippen LogP contribution in [-0.2, 0) is 11.3 Å². The van der Waals surface area contributed by atoms with Gasteiger partial charge in [0.2, 0.25) is 11.0 Å². The topological polar surface area (TPSA) is 88.9 Å². The Morgan fingerprint density at radius 2 is 1.85 bits per heavy atom. The van der Waals surface area contributed by atoms with Gasteiger partial charge in [-0.15, -0.1) is 22.0 Å². The van der Waals surface area contributed by atoms with Crippen molar-refractivity contribution in [3.05, 3.63) is 65.9 Å². The summed E-state index contributed by atoms with van der Waals surface area (Å²) in [6.07, 6.45) is 2.05. The van der Waals surface area contributed by atoms with Crippen LogP contribution in [0.25, 0.3) is 10.9 Å². The van der Waals surface area contributed by atoms with Gasteiger partial charge >= 0.3 is 0 Å². The maximum Gasteiger partial charge on any atom is 0.251 e. The van der Waals surface area contributed by atoms with Gasteiger partial charge in [0.05, 0.1) is 5.75 Å². The Bertz CT molecular complexity index is 1300. The molecule has 10 heteroatoms. The molecule has 2 aromatic carbocycles. The molecule has 7 nitrogen and oxygen atoms in total. The Balaban J connectivity index is 1.37. The van der Waals surface area contributed by atoms with Crippen molar-refractivity contribution in [2.45, 2.75) is 29.6 Å². The fraction of sp³-hybridized carbons (Fsp3) is 0.250. The van der Waals surface area contributed by atoms with Gasteiger partial charge in [-0.25, -0.2) is 0 Å². The van der Waals surface area contributed by atoms with E-state index in [9.17, 15) is 9.59 Å². The van der Waals surface area contributed by atoms with Gasteiger partial charge in [-0.1, -0.05) is 66.4 Å². The molecule has 0 saturated heterocycles. The van der Waals surface area contributed by atoms with Crippen molar-refractivity contribution >= 4 is 62.7 Å². The zero-order valence-corrected chi connectivity index (χ0v) is 21.4. The zero-order chi connectivity index (χ0) is 23.9. The van der Waals surface area contributed by atoms with Gasteiger partial charge in [-0.3, -0.25) is 14.9 Å². The van der Waals surface area contributed by atoms with E-state index in [1.54, 1.807) is 11.8 Å². The molecular formula is C24H25N5O2S3. The Hall–Kier alpha value is -2.82. The summed E-state index contributed by atoms with van der Waals surface area (Å²) in [7, 11) is 0. The van der Waals surface area contributed by atoms with E-state index < -0.39 is 0 Å². The molecule has 0 aliphatic heterocycles. The summed E-state index contributed by atoms with van der Waals surface area (Å²) in [4.78, 5) is 26.0. The average Bonchev–Trinajstić information content (AvgIpc) is 3.42. The number of fused-ring (bicyclic) bond motifs is 1. The summed E-state index contributed by atoms with van der Waals surface area (Å²) in [5.41, 5.74) is 2.72. The third-order valence-corrected chi connectivity index (χ3v) is 7.96. The van der Waals surface area contributed by atoms with Crippen LogP contribution in [0.3, 0.4) is 0 Å². The number of nitrogens with one attached hydrogen (secondary N) is 2. The third kappa shape index (κ3) is 5.99. The van der Waals surface area contributed by atoms with Gasteiger partial charge in [-0.2, -0.15) is 0 Å². The first-order valence-corrected chi connectivity index (χ1v) is 13.6. The van der Waals surface area contributed by atoms with Crippen LogP contribution in [-0.4, -0.2) is 44.6 Å². The van der Waals surface area contributed by atoms with Crippen LogP contribution in [0.2, 0.25) is 0 Å². The Morgan fingerprint density at radius 3 is 2.68 bits per heavy atom. The van der Waals surface area contributed by atoms with Gasteiger partial charge in [0.25, 0.3) is 5.91 Å². The fourth-order valence-electron chi connectivity index (χ4n) is 3.47. The highest BCUT2D eigenvalue weighted by Gasteiger charge is 2.13. The van der Waals surface area contributed by atoms with Crippen molar-refractivity contribution in [1.82, 2.24) is 20.1 Å². The zero-order valence-electron chi connectivity index (χ0n) is 18.9. The number of rotatable bonds is 10. The lowest BCUT2D eigenvalue weighted by Crippen LogP contribution is -2.27. The molecule has 0 aliphatic carbocycles. The molecule has 0 spiro atoms. The predicted molar refractivity (Wildman–Crippen MR) is 141 cm³/mol. The number of para-hydroxylation sites is 1. The number of aryl methyl sites for hydroxylation is 1. The molecule has 0 fully saturated rings. The van der Waals surface area contributed by atoms with Gasteiger partial charge in [0, 0.05) is 40.6 Å². The summed E-state index contributed by atoms with van der Waals surface area (Å²) < 4.78 is 2.97. The van der Waals surface area contributed by atoms with Crippen molar-refractivity contribution in [3.8, 4) is 0 Å². The van der Waals surface area contributed by atoms with Crippen molar-refractivity contribution in [1.29, 1.82) is 0 Å². The highest BCUT2D eigenvalue weighted by molar-refractivity contribution is 8.01. The summed E-state index contributed by atoms with van der Waals surface area (Å²) in [5.74, 6) is 1.00. The highest BCUT2D eigenvalue weighted by Crippen LogP contribution is 2.30. The molecule has 2 heterocycles. The van der Waals surface area contributed by atoms with E-state index in [0.29, 0.717) is 23.8 Å². The number of thioether (sulfide) groups is 2. The van der Waals surface area contributed by atoms with Gasteiger partial charge in [0.15, 0.2) is 4.34 Å². The number of nitrogens with zero attached hydrogens (tertiary/aromatic N) is 3. The number of hydrogen-bond acceptors (Lipinski definition) is 7. The second kappa shape index (κ2) is 11.5. The minimum absolute atomic E-state index is 0.0713. The van der Waals surface area contributed by atoms with Crippen molar-refractivity contribution < 1.29 is 9.59 Å². The second-order valence-electron chi connectivity index (χ2n) is 7.42. The SMILES string of the molecule is CCSc1nnc(NC(=O)CSc2cn(CCNC(=O)c3ccccc3C)c3ccccc23)s1. The number of benzene rings is 2. The van der Waals surface area contributed by atoms with Gasteiger partial charge in [0.1, 0.15) is 0 Å². The first kappa shape index (κ1) is 24.3. The molecule has 2 aromatic heterocycles. The standard InChI is InChI=1S/C24H25N5O2S3/c1-3-32-24-28-27-23(34-24)26-21(30)15-33-20-14-29(19-11-7-6-10-18(19)20)13-12-25-22(31)17-9-5-4-8-16(17)2/h4-11,14H,3,12-13,15H2,1-2H3,(H,25,31)(H,26,27,30). The van der Waals surface area contributed by atoms with E-state index in [4.69, 9.17) is 0 Å². The molecule has 4 rings (SSSR count). The van der Waals surface area contributed by atoms with Crippen LogP contribution in [0.5, 0.6) is 0 Å². The van der Waals surface area contributed by atoms with Crippen LogP contribution in [0.15, 0.2) is 64.0 Å². The minimum atomic E-state index is -0.114. The normalized spacial score (nSPS) is 11.0. The number of aromatic nitrogens is 3. The van der Waals surface area contributed by atoms with E-state index in [-0.39, 0.29) is 17.6 Å². The average molecular weight is 512 g/mol. The van der Waals surface area contributed by atoms with Crippen molar-refractivity contribution in [3.63, 3.8) is 0 Å². The van der Waals surface area contributed by atoms with Crippen molar-refractivity contribution in [2.75, 3.05) is 23.4 Å². The summed E-state index contributed by atoms with van der Waals surface area (Å²) in [6.45, 7) is 5.12. The molecule has 2 N–H and O–H groups in total. The quantitative estimate of drug-likeness (QED) is 0.228. The molecule has 0 atom stereocenters. The molecule has 0 aliphatic rings. The smallest absolute Gasteiger partial charge is 0.251 e. The molecule has 0 bridgehead atoms. The van der Waals surface area contributed by atoms with Crippen LogP contribution in [0, 0.1) is 6.92 Å². The Morgan fingerprint density at radius 1 is 1.06 bits per heavy atom. The minimum Gasteiger partial charge on any atom is -0.350 e. The van der Waals surface area contributed by atoms with Gasteiger partial charge in [-0.05, 0) is 30.4 Å². The van der Waals surface area contributed by atoms with Crippen LogP contribution in [0.1, 0.15) is 22.8 Å². The maximum absolute atomic E-state index is 12.5. The predicted octanol–water partition coefficient (Wildman–Crippen LogP) is 5.07. The van der Waals surface area contributed by atoms with Crippen LogP contribution < -0.4 is 10.6 Å². The van der Waals surface area contributed by atoms with Gasteiger partial charge < -0.3 is 9.88 Å². The van der Waals surface area contributed by atoms with E-state index >= 15 is 0 Å². The number of anilines is 1. The van der Waals surface area contributed by atoms with E-state index in [0.717, 1.165) is 31.5 Å². The molecule has 0 unspecified atom stereocenters. The Kier molecular flexibility index (Phi) is 8.25. The van der Waals surface area contributed by atoms with E-state index in [2.05, 4.69) is 44.5 Å². The molecule has 0 saturated carbocycles. The first-order chi connectivity index (χ1) is 16.5. The monoisotopic (exact) mass is 511 g/mol. The van der Waals surface area contributed by atoms with Crippen molar-refractivity contribution in [2.24, 2.45) is 0 Å². The molecule has 176 valence electrons. The van der Waals surface area contributed by atoms with Crippen LogP contribution >= 0.6 is 34.9 Å². The fourth-order valence-corrected chi connectivity index (χ4v) is 6.02. The number of hydrogen-bond donors (Lipinski definition) is 2. The maximum atomic E-state index is 12.5. The first-order valence-electron chi connectivity index (χ1n) is 10.9. The lowest BCUT2D eigenvalue weighted by Gasteiger charge is -2.09. The largest absolute Gasteiger partial charge is 0.350 e. The lowest BCUT2D eigenvalue weighted by molar-refractivity contribution is -0.113. The number of carbonyl (C=O) groups is 2. The molecule has 4 aromatic rings. The number of amides is 2. The molecular weight excluding hydrogens is 486 g/mol. The second-order valence-corrected chi connectivity index (χ2v) is 10.9. The summed E-state index contributed by atoms with van der Waals surface area (Å²) in [5, 5.41) is 15.5. The van der Waals surface area contributed by atoms with E-state index in [1.807, 2.05) is 49.5 Å². The summed E-state index contributed by atoms with van der Waals surface area (Å²) in [6, 6.07) is 15.7. The highest BCUT2D eigenvalue weighted by atomic mass is 32.2. The van der Waals surface area contributed by atoms with E-state index in [1.165, 1.54) is 23.1 Å². The molecule has 2 amide bonds. The summed E-state index contributed by atoms with van der Waals surface area (Å²) >= 11 is 4.47.